The van der Waals surface area contributed by atoms with Crippen molar-refractivity contribution in [3.05, 3.63) is 12.2 Å². The van der Waals surface area contributed by atoms with Gasteiger partial charge in [-0.1, -0.05) is 0 Å². The standard InChI is InChI=1S/C8H12N4O2/c13-7(14)8(1-3-9-4-2-8)6-10-5-11-12-6/h5,9H,1-4H2,(H,13,14)(H,10,11,12). The number of rotatable bonds is 2. The maximum atomic E-state index is 11.3. The fraction of sp³-hybridized carbons (Fsp3) is 0.625. The topological polar surface area (TPSA) is 90.9 Å². The Balaban J connectivity index is 2.35. The van der Waals surface area contributed by atoms with Crippen molar-refractivity contribution in [1.29, 1.82) is 0 Å². The lowest BCUT2D eigenvalue weighted by atomic mass is 9.78. The summed E-state index contributed by atoms with van der Waals surface area (Å²) in [6, 6.07) is 0. The van der Waals surface area contributed by atoms with Gasteiger partial charge in [-0.05, 0) is 25.9 Å². The number of nitrogens with one attached hydrogen (secondary N) is 2. The predicted octanol–water partition coefficient (Wildman–Crippen LogP) is -0.490. The van der Waals surface area contributed by atoms with Crippen LogP contribution in [0.2, 0.25) is 0 Å². The molecule has 1 aromatic rings. The second kappa shape index (κ2) is 3.38. The summed E-state index contributed by atoms with van der Waals surface area (Å²) >= 11 is 0. The Morgan fingerprint density at radius 1 is 1.50 bits per heavy atom. The molecule has 2 rings (SSSR count). The van der Waals surface area contributed by atoms with E-state index in [1.165, 1.54) is 6.33 Å². The van der Waals surface area contributed by atoms with Gasteiger partial charge >= 0.3 is 5.97 Å². The number of hydrogen-bond donors (Lipinski definition) is 3. The van der Waals surface area contributed by atoms with Crippen LogP contribution in [0.25, 0.3) is 0 Å². The van der Waals surface area contributed by atoms with Gasteiger partial charge in [0.05, 0.1) is 0 Å². The molecule has 0 spiro atoms. The molecule has 0 bridgehead atoms. The number of carboxylic acid groups (broad SMARTS) is 1. The number of aromatic amines is 1. The van der Waals surface area contributed by atoms with Gasteiger partial charge in [0.15, 0.2) is 0 Å². The van der Waals surface area contributed by atoms with E-state index >= 15 is 0 Å². The van der Waals surface area contributed by atoms with Gasteiger partial charge < -0.3 is 10.4 Å². The van der Waals surface area contributed by atoms with Crippen molar-refractivity contribution in [3.8, 4) is 0 Å². The summed E-state index contributed by atoms with van der Waals surface area (Å²) in [7, 11) is 0. The van der Waals surface area contributed by atoms with Gasteiger partial charge in [-0.3, -0.25) is 9.89 Å². The lowest BCUT2D eigenvalue weighted by molar-refractivity contribution is -0.145. The van der Waals surface area contributed by atoms with Gasteiger partial charge in [-0.15, -0.1) is 0 Å². The van der Waals surface area contributed by atoms with Crippen LogP contribution in [0.1, 0.15) is 18.7 Å². The normalized spacial score (nSPS) is 20.6. The maximum absolute atomic E-state index is 11.3. The monoisotopic (exact) mass is 196 g/mol. The van der Waals surface area contributed by atoms with Gasteiger partial charge in [0, 0.05) is 0 Å². The van der Waals surface area contributed by atoms with Crippen LogP contribution in [0.5, 0.6) is 0 Å². The molecule has 6 nitrogen and oxygen atoms in total. The minimum atomic E-state index is -0.873. The summed E-state index contributed by atoms with van der Waals surface area (Å²) in [6.07, 6.45) is 2.46. The van der Waals surface area contributed by atoms with Gasteiger partial charge in [0.25, 0.3) is 0 Å². The highest BCUT2D eigenvalue weighted by Crippen LogP contribution is 2.30. The van der Waals surface area contributed by atoms with Crippen molar-refractivity contribution >= 4 is 5.97 Å². The second-order valence-electron chi connectivity index (χ2n) is 3.47. The highest BCUT2D eigenvalue weighted by Gasteiger charge is 2.43. The van der Waals surface area contributed by atoms with Crippen LogP contribution in [-0.2, 0) is 10.2 Å². The summed E-state index contributed by atoms with van der Waals surface area (Å²) in [5.41, 5.74) is -0.873. The molecule has 0 saturated carbocycles. The highest BCUT2D eigenvalue weighted by atomic mass is 16.4. The van der Waals surface area contributed by atoms with Crippen LogP contribution in [0.4, 0.5) is 0 Å². The SMILES string of the molecule is O=C(O)C1(c2ncn[nH]2)CCNCC1. The molecule has 0 unspecified atom stereocenters. The number of carbonyl (C=O) groups is 1. The number of piperidine rings is 1. The summed E-state index contributed by atoms with van der Waals surface area (Å²) in [4.78, 5) is 15.2. The zero-order chi connectivity index (χ0) is 10.0. The highest BCUT2D eigenvalue weighted by molar-refractivity contribution is 5.80. The molecule has 1 fully saturated rings. The minimum Gasteiger partial charge on any atom is -0.480 e. The number of aromatic nitrogens is 3. The van der Waals surface area contributed by atoms with E-state index in [2.05, 4.69) is 20.5 Å². The molecule has 1 aliphatic rings. The summed E-state index contributed by atoms with van der Waals surface area (Å²) in [6.45, 7) is 1.40. The number of carboxylic acids is 1. The van der Waals surface area contributed by atoms with Gasteiger partial charge in [-0.25, -0.2) is 4.98 Å². The zero-order valence-electron chi connectivity index (χ0n) is 7.66. The first-order chi connectivity index (χ1) is 6.76. The van der Waals surface area contributed by atoms with E-state index in [-0.39, 0.29) is 0 Å². The molecule has 14 heavy (non-hydrogen) atoms. The molecular weight excluding hydrogens is 184 g/mol. The quantitative estimate of drug-likeness (QED) is 0.593. The molecule has 1 aromatic heterocycles. The third kappa shape index (κ3) is 1.27. The number of H-pyrrole nitrogens is 1. The van der Waals surface area contributed by atoms with Crippen molar-refractivity contribution < 1.29 is 9.90 Å². The third-order valence-electron chi connectivity index (χ3n) is 2.73. The maximum Gasteiger partial charge on any atom is 0.317 e. The Bertz CT molecular complexity index is 316. The molecule has 1 saturated heterocycles. The van der Waals surface area contributed by atoms with E-state index in [1.54, 1.807) is 0 Å². The summed E-state index contributed by atoms with van der Waals surface area (Å²) in [5, 5.41) is 18.7. The number of hydrogen-bond acceptors (Lipinski definition) is 4. The first-order valence-corrected chi connectivity index (χ1v) is 4.56. The van der Waals surface area contributed by atoms with Crippen molar-refractivity contribution in [3.63, 3.8) is 0 Å². The average Bonchev–Trinajstić information content (AvgIpc) is 2.72. The predicted molar refractivity (Wildman–Crippen MR) is 47.8 cm³/mol. The van der Waals surface area contributed by atoms with Crippen LogP contribution in [0.15, 0.2) is 6.33 Å². The Morgan fingerprint density at radius 2 is 2.21 bits per heavy atom. The van der Waals surface area contributed by atoms with Crippen molar-refractivity contribution in [2.45, 2.75) is 18.3 Å². The largest absolute Gasteiger partial charge is 0.480 e. The lowest BCUT2D eigenvalue weighted by Crippen LogP contribution is -2.46. The Morgan fingerprint density at radius 3 is 2.71 bits per heavy atom. The van der Waals surface area contributed by atoms with Crippen molar-refractivity contribution in [2.75, 3.05) is 13.1 Å². The number of nitrogens with zero attached hydrogens (tertiary/aromatic N) is 2. The average molecular weight is 196 g/mol. The van der Waals surface area contributed by atoms with Crippen LogP contribution in [0, 0.1) is 0 Å². The van der Waals surface area contributed by atoms with E-state index < -0.39 is 11.4 Å². The molecule has 6 heteroatoms. The van der Waals surface area contributed by atoms with Crippen LogP contribution in [-0.4, -0.2) is 39.3 Å². The molecule has 0 aromatic carbocycles. The van der Waals surface area contributed by atoms with Crippen molar-refractivity contribution in [2.24, 2.45) is 0 Å². The lowest BCUT2D eigenvalue weighted by Gasteiger charge is -2.31. The Labute approximate surface area is 80.7 Å². The smallest absolute Gasteiger partial charge is 0.317 e. The van der Waals surface area contributed by atoms with Gasteiger partial charge in [-0.2, -0.15) is 5.10 Å². The third-order valence-corrected chi connectivity index (χ3v) is 2.73. The van der Waals surface area contributed by atoms with E-state index in [0.717, 1.165) is 0 Å². The van der Waals surface area contributed by atoms with Gasteiger partial charge in [0.1, 0.15) is 17.6 Å². The Hall–Kier alpha value is -1.43. The summed E-state index contributed by atoms with van der Waals surface area (Å²) < 4.78 is 0. The van der Waals surface area contributed by atoms with E-state index in [1.807, 2.05) is 0 Å². The molecule has 76 valence electrons. The zero-order valence-corrected chi connectivity index (χ0v) is 7.66. The first-order valence-electron chi connectivity index (χ1n) is 4.56. The molecule has 0 amide bonds. The molecule has 0 aliphatic carbocycles. The molecule has 0 radical (unpaired) electrons. The fourth-order valence-electron chi connectivity index (χ4n) is 1.84. The van der Waals surface area contributed by atoms with Crippen LogP contribution >= 0.6 is 0 Å². The first kappa shape index (κ1) is 9.14. The second-order valence-corrected chi connectivity index (χ2v) is 3.47. The van der Waals surface area contributed by atoms with E-state index in [9.17, 15) is 9.90 Å². The molecule has 0 atom stereocenters. The van der Waals surface area contributed by atoms with Gasteiger partial charge in [0.2, 0.25) is 0 Å². The van der Waals surface area contributed by atoms with Crippen LogP contribution in [0.3, 0.4) is 0 Å². The van der Waals surface area contributed by atoms with E-state index in [0.29, 0.717) is 31.8 Å². The van der Waals surface area contributed by atoms with E-state index in [4.69, 9.17) is 0 Å². The molecular formula is C8H12N4O2. The molecule has 2 heterocycles. The molecule has 1 aliphatic heterocycles. The van der Waals surface area contributed by atoms with Crippen LogP contribution < -0.4 is 5.32 Å². The number of aliphatic carboxylic acids is 1. The fourth-order valence-corrected chi connectivity index (χ4v) is 1.84. The Kier molecular flexibility index (Phi) is 2.20. The molecule has 3 N–H and O–H groups in total. The van der Waals surface area contributed by atoms with Crippen molar-refractivity contribution in [1.82, 2.24) is 20.5 Å². The minimum absolute atomic E-state index is 0.464. The summed E-state index contributed by atoms with van der Waals surface area (Å²) in [5.74, 6) is -0.359.